The van der Waals surface area contributed by atoms with Gasteiger partial charge in [0.25, 0.3) is 0 Å². The summed E-state index contributed by atoms with van der Waals surface area (Å²) in [5.74, 6) is 3.31. The molecular weight excluding hydrogens is 368 g/mol. The first-order chi connectivity index (χ1) is 13.5. The smallest absolute Gasteiger partial charge is 0.192 e. The Morgan fingerprint density at radius 1 is 1.14 bits per heavy atom. The van der Waals surface area contributed by atoms with Crippen LogP contribution in [0.5, 0.6) is 0 Å². The second-order valence-electron chi connectivity index (χ2n) is 7.97. The van der Waals surface area contributed by atoms with Crippen molar-refractivity contribution in [3.63, 3.8) is 0 Å². The highest BCUT2D eigenvalue weighted by molar-refractivity contribution is 7.98. The topological polar surface area (TPSA) is 56.7 Å². The van der Waals surface area contributed by atoms with E-state index in [1.165, 1.54) is 31.2 Å². The molecule has 0 unspecified atom stereocenters. The highest BCUT2D eigenvalue weighted by atomic mass is 32.2. The van der Waals surface area contributed by atoms with Gasteiger partial charge in [-0.3, -0.25) is 4.57 Å². The summed E-state index contributed by atoms with van der Waals surface area (Å²) in [7, 11) is 0. The predicted octanol–water partition coefficient (Wildman–Crippen LogP) is 5.90. The third-order valence-corrected chi connectivity index (χ3v) is 6.84. The van der Waals surface area contributed by atoms with Gasteiger partial charge < -0.3 is 4.52 Å². The molecule has 2 atom stereocenters. The van der Waals surface area contributed by atoms with Crippen LogP contribution in [0.3, 0.4) is 0 Å². The van der Waals surface area contributed by atoms with Crippen LogP contribution in [0.4, 0.5) is 0 Å². The maximum absolute atomic E-state index is 5.33. The van der Waals surface area contributed by atoms with E-state index in [-0.39, 0.29) is 0 Å². The first-order valence-electron chi connectivity index (χ1n) is 10.1. The monoisotopic (exact) mass is 396 g/mol. The molecule has 2 heterocycles. The molecule has 0 saturated heterocycles. The zero-order valence-corrected chi connectivity index (χ0v) is 17.9. The molecule has 3 aromatic rings. The molecule has 5 nitrogen and oxygen atoms in total. The Bertz CT molecular complexity index is 942. The lowest BCUT2D eigenvalue weighted by atomic mass is 9.85. The first-order valence-corrected chi connectivity index (χ1v) is 11.1. The quantitative estimate of drug-likeness (QED) is 0.502. The van der Waals surface area contributed by atoms with E-state index < -0.39 is 0 Å². The van der Waals surface area contributed by atoms with E-state index in [9.17, 15) is 0 Å². The van der Waals surface area contributed by atoms with Gasteiger partial charge in [-0.25, -0.2) is 0 Å². The van der Waals surface area contributed by atoms with Gasteiger partial charge in [-0.1, -0.05) is 60.4 Å². The van der Waals surface area contributed by atoms with Crippen LogP contribution in [-0.4, -0.2) is 19.9 Å². The largest absolute Gasteiger partial charge is 0.361 e. The molecule has 148 valence electrons. The van der Waals surface area contributed by atoms with Gasteiger partial charge >= 0.3 is 0 Å². The van der Waals surface area contributed by atoms with E-state index in [0.29, 0.717) is 12.0 Å². The van der Waals surface area contributed by atoms with Gasteiger partial charge in [0, 0.05) is 22.9 Å². The van der Waals surface area contributed by atoms with E-state index in [1.54, 1.807) is 11.8 Å². The Morgan fingerprint density at radius 2 is 1.96 bits per heavy atom. The molecule has 0 bridgehead atoms. The van der Waals surface area contributed by atoms with Crippen molar-refractivity contribution >= 4 is 11.8 Å². The average Bonchev–Trinajstić information content (AvgIpc) is 3.24. The third-order valence-electron chi connectivity index (χ3n) is 5.87. The summed E-state index contributed by atoms with van der Waals surface area (Å²) in [6.45, 7) is 8.47. The van der Waals surface area contributed by atoms with E-state index in [1.807, 2.05) is 13.8 Å². The molecule has 0 spiro atoms. The minimum Gasteiger partial charge on any atom is -0.361 e. The van der Waals surface area contributed by atoms with E-state index in [0.717, 1.165) is 39.3 Å². The number of nitrogens with zero attached hydrogens (tertiary/aromatic N) is 4. The van der Waals surface area contributed by atoms with Crippen molar-refractivity contribution in [2.45, 2.75) is 70.3 Å². The maximum Gasteiger partial charge on any atom is 0.192 e. The van der Waals surface area contributed by atoms with Crippen molar-refractivity contribution in [1.29, 1.82) is 0 Å². The van der Waals surface area contributed by atoms with E-state index >= 15 is 0 Å². The Morgan fingerprint density at radius 3 is 2.68 bits per heavy atom. The lowest BCUT2D eigenvalue weighted by molar-refractivity contribution is 0.247. The van der Waals surface area contributed by atoms with Gasteiger partial charge in [-0.15, -0.1) is 10.2 Å². The summed E-state index contributed by atoms with van der Waals surface area (Å²) < 4.78 is 7.73. The third kappa shape index (κ3) is 3.75. The second-order valence-corrected chi connectivity index (χ2v) is 8.91. The van der Waals surface area contributed by atoms with Gasteiger partial charge in [0.2, 0.25) is 0 Å². The molecular formula is C22H28N4OS. The van der Waals surface area contributed by atoms with Crippen molar-refractivity contribution in [2.75, 3.05) is 0 Å². The van der Waals surface area contributed by atoms with Crippen LogP contribution in [0, 0.1) is 26.7 Å². The van der Waals surface area contributed by atoms with Crippen LogP contribution in [0.1, 0.15) is 61.2 Å². The molecule has 4 rings (SSSR count). The van der Waals surface area contributed by atoms with Gasteiger partial charge in [-0.2, -0.15) is 0 Å². The molecule has 1 aliphatic rings. The van der Waals surface area contributed by atoms with Gasteiger partial charge in [0.05, 0.1) is 5.69 Å². The second kappa shape index (κ2) is 8.11. The van der Waals surface area contributed by atoms with Crippen LogP contribution in [0.2, 0.25) is 0 Å². The Balaban J connectivity index is 1.71. The molecule has 0 N–H and O–H groups in total. The van der Waals surface area contributed by atoms with Gasteiger partial charge in [-0.05, 0) is 45.6 Å². The number of benzene rings is 1. The molecule has 1 aromatic carbocycles. The number of hydrogen-bond acceptors (Lipinski definition) is 5. The van der Waals surface area contributed by atoms with E-state index in [2.05, 4.69) is 58.0 Å². The van der Waals surface area contributed by atoms with Crippen LogP contribution in [0.15, 0.2) is 33.9 Å². The Labute approximate surface area is 170 Å². The lowest BCUT2D eigenvalue weighted by Gasteiger charge is -2.31. The highest BCUT2D eigenvalue weighted by Crippen LogP contribution is 2.39. The van der Waals surface area contributed by atoms with Crippen molar-refractivity contribution in [1.82, 2.24) is 19.9 Å². The highest BCUT2D eigenvalue weighted by Gasteiger charge is 2.29. The zero-order valence-electron chi connectivity index (χ0n) is 17.1. The van der Waals surface area contributed by atoms with Crippen molar-refractivity contribution in [3.8, 4) is 11.4 Å². The van der Waals surface area contributed by atoms with Crippen LogP contribution in [0.25, 0.3) is 11.4 Å². The molecule has 0 radical (unpaired) electrons. The molecule has 6 heteroatoms. The first kappa shape index (κ1) is 19.2. The summed E-state index contributed by atoms with van der Waals surface area (Å²) in [6.07, 6.45) is 5.05. The molecule has 1 saturated carbocycles. The molecule has 1 fully saturated rings. The zero-order chi connectivity index (χ0) is 19.7. The number of hydrogen-bond donors (Lipinski definition) is 0. The Hall–Kier alpha value is -2.08. The van der Waals surface area contributed by atoms with Crippen LogP contribution in [-0.2, 0) is 5.75 Å². The van der Waals surface area contributed by atoms with Crippen molar-refractivity contribution < 1.29 is 4.52 Å². The Kier molecular flexibility index (Phi) is 5.58. The molecule has 1 aliphatic carbocycles. The average molecular weight is 397 g/mol. The fourth-order valence-corrected chi connectivity index (χ4v) is 5.33. The van der Waals surface area contributed by atoms with Crippen molar-refractivity contribution in [2.24, 2.45) is 5.92 Å². The normalized spacial score (nSPS) is 19.9. The predicted molar refractivity (Wildman–Crippen MR) is 112 cm³/mol. The van der Waals surface area contributed by atoms with E-state index in [4.69, 9.17) is 4.52 Å². The number of aromatic nitrogens is 4. The SMILES string of the molecule is Cc1cccc(-c2nnc(SCc3c(C)noc3C)n2[C@H]2CCCC[C@@H]2C)c1. The number of aryl methyl sites for hydroxylation is 3. The fourth-order valence-electron chi connectivity index (χ4n) is 4.18. The summed E-state index contributed by atoms with van der Waals surface area (Å²) in [6, 6.07) is 9.03. The summed E-state index contributed by atoms with van der Waals surface area (Å²) in [4.78, 5) is 0. The summed E-state index contributed by atoms with van der Waals surface area (Å²) in [5, 5.41) is 14.3. The molecule has 0 aliphatic heterocycles. The molecule has 0 amide bonds. The number of rotatable bonds is 5. The lowest BCUT2D eigenvalue weighted by Crippen LogP contribution is -2.22. The van der Waals surface area contributed by atoms with Gasteiger partial charge in [0.1, 0.15) is 5.76 Å². The number of thioether (sulfide) groups is 1. The maximum atomic E-state index is 5.33. The minimum absolute atomic E-state index is 0.450. The van der Waals surface area contributed by atoms with Gasteiger partial charge in [0.15, 0.2) is 11.0 Å². The van der Waals surface area contributed by atoms with Crippen LogP contribution < -0.4 is 0 Å². The molecule has 2 aromatic heterocycles. The van der Waals surface area contributed by atoms with Crippen LogP contribution >= 0.6 is 11.8 Å². The molecule has 28 heavy (non-hydrogen) atoms. The van der Waals surface area contributed by atoms with Crippen molar-refractivity contribution in [3.05, 3.63) is 46.8 Å². The minimum atomic E-state index is 0.450. The standard InChI is InChI=1S/C22H28N4OS/c1-14-8-7-10-18(12-14)21-23-24-22(26(21)20-11-6-5-9-15(20)2)28-13-19-16(3)25-27-17(19)4/h7-8,10,12,15,20H,5-6,9,11,13H2,1-4H3/t15-,20-/m0/s1. The fraction of sp³-hybridized carbons (Fsp3) is 0.500. The summed E-state index contributed by atoms with van der Waals surface area (Å²) >= 11 is 1.74. The summed E-state index contributed by atoms with van der Waals surface area (Å²) in [5.41, 5.74) is 4.51.